The van der Waals surface area contributed by atoms with Gasteiger partial charge in [-0.15, -0.1) is 5.67 Å². The molecule has 64 valence electrons. The summed E-state index contributed by atoms with van der Waals surface area (Å²) in [5, 5.41) is 1.51. The molecule has 0 fully saturated rings. The number of rotatable bonds is 4. The van der Waals surface area contributed by atoms with Gasteiger partial charge in [0.05, 0.1) is 0 Å². The Morgan fingerprint density at radius 3 is 2.67 bits per heavy atom. The Kier molecular flexibility index (Phi) is 4.61. The summed E-state index contributed by atoms with van der Waals surface area (Å²) in [5.74, 6) is 0. The van der Waals surface area contributed by atoms with Crippen molar-refractivity contribution in [2.75, 3.05) is 0 Å². The van der Waals surface area contributed by atoms with E-state index in [-0.39, 0.29) is 0 Å². The van der Waals surface area contributed by atoms with E-state index in [1.165, 1.54) is 24.4 Å². The first-order valence-corrected chi connectivity index (χ1v) is 5.89. The van der Waals surface area contributed by atoms with Crippen LogP contribution in [0.15, 0.2) is 30.3 Å². The second-order valence-corrected chi connectivity index (χ2v) is 4.43. The van der Waals surface area contributed by atoms with Gasteiger partial charge in [-0.05, 0) is 11.6 Å². The highest BCUT2D eigenvalue weighted by Crippen LogP contribution is 1.88. The van der Waals surface area contributed by atoms with E-state index < -0.39 is 0 Å². The van der Waals surface area contributed by atoms with Crippen molar-refractivity contribution in [2.45, 2.75) is 26.2 Å². The fraction of sp³-hybridized carbons (Fsp3) is 0.364. The van der Waals surface area contributed by atoms with Crippen molar-refractivity contribution in [3.63, 3.8) is 0 Å². The SMILES string of the molecule is CCCCC=[SiH]c1ccccc1. The van der Waals surface area contributed by atoms with Crippen molar-refractivity contribution < 1.29 is 0 Å². The molecule has 0 aliphatic heterocycles. The summed E-state index contributed by atoms with van der Waals surface area (Å²) in [7, 11) is 0.416. The minimum absolute atomic E-state index is 0.416. The largest absolute Gasteiger partial charge is 0.102 e. The summed E-state index contributed by atoms with van der Waals surface area (Å²) in [6, 6.07) is 10.8. The van der Waals surface area contributed by atoms with Gasteiger partial charge in [0, 0.05) is 9.13 Å². The van der Waals surface area contributed by atoms with Gasteiger partial charge in [-0.25, -0.2) is 0 Å². The first kappa shape index (κ1) is 9.40. The van der Waals surface area contributed by atoms with E-state index in [1.807, 2.05) is 0 Å². The van der Waals surface area contributed by atoms with Crippen molar-refractivity contribution in [2.24, 2.45) is 0 Å². The maximum absolute atomic E-state index is 2.46. The lowest BCUT2D eigenvalue weighted by atomic mass is 10.3. The van der Waals surface area contributed by atoms with Crippen molar-refractivity contribution in [3.8, 4) is 0 Å². The topological polar surface area (TPSA) is 0 Å². The van der Waals surface area contributed by atoms with Gasteiger partial charge in [-0.2, -0.15) is 0 Å². The van der Waals surface area contributed by atoms with Crippen LogP contribution in [-0.2, 0) is 0 Å². The van der Waals surface area contributed by atoms with Crippen molar-refractivity contribution in [1.82, 2.24) is 0 Å². The standard InChI is InChI=1S/C11H16Si/c1-2-3-7-10-12-11-8-5-4-6-9-11/h4-6,8-10,12H,2-3,7H2,1H3. The fourth-order valence-electron chi connectivity index (χ4n) is 1.11. The molecule has 0 nitrogen and oxygen atoms in total. The van der Waals surface area contributed by atoms with E-state index in [9.17, 15) is 0 Å². The van der Waals surface area contributed by atoms with Crippen molar-refractivity contribution >= 4 is 20.0 Å². The lowest BCUT2D eigenvalue weighted by Crippen LogP contribution is -2.07. The van der Waals surface area contributed by atoms with Gasteiger partial charge < -0.3 is 0 Å². The molecule has 0 saturated carbocycles. The average Bonchev–Trinajstić information content (AvgIpc) is 2.14. The third-order valence-electron chi connectivity index (χ3n) is 1.83. The molecule has 0 saturated heterocycles. The summed E-state index contributed by atoms with van der Waals surface area (Å²) in [6.45, 7) is 2.24. The van der Waals surface area contributed by atoms with Crippen LogP contribution in [0.4, 0.5) is 0 Å². The van der Waals surface area contributed by atoms with Gasteiger partial charge in [-0.1, -0.05) is 50.1 Å². The van der Waals surface area contributed by atoms with Crippen LogP contribution in [0.5, 0.6) is 0 Å². The number of benzene rings is 1. The normalized spacial score (nSPS) is 10.8. The quantitative estimate of drug-likeness (QED) is 0.484. The zero-order valence-corrected chi connectivity index (χ0v) is 8.82. The minimum Gasteiger partial charge on any atom is -0.102 e. The highest BCUT2D eigenvalue weighted by atomic mass is 28.2. The predicted molar refractivity (Wildman–Crippen MR) is 58.8 cm³/mol. The van der Waals surface area contributed by atoms with E-state index in [4.69, 9.17) is 0 Å². The van der Waals surface area contributed by atoms with E-state index in [2.05, 4.69) is 42.9 Å². The molecule has 1 aromatic carbocycles. The molecule has 0 N–H and O–H groups in total. The number of hydrogen-bond acceptors (Lipinski definition) is 0. The summed E-state index contributed by atoms with van der Waals surface area (Å²) in [6.07, 6.45) is 3.95. The molecule has 0 aliphatic rings. The molecule has 0 heterocycles. The van der Waals surface area contributed by atoms with Crippen LogP contribution < -0.4 is 5.19 Å². The van der Waals surface area contributed by atoms with Crippen LogP contribution in [0.25, 0.3) is 0 Å². The highest BCUT2D eigenvalue weighted by Gasteiger charge is 1.82. The second-order valence-electron chi connectivity index (χ2n) is 2.96. The van der Waals surface area contributed by atoms with Gasteiger partial charge >= 0.3 is 0 Å². The fourth-order valence-corrected chi connectivity index (χ4v) is 2.22. The Morgan fingerprint density at radius 2 is 2.00 bits per heavy atom. The summed E-state index contributed by atoms with van der Waals surface area (Å²) in [4.78, 5) is 0. The Morgan fingerprint density at radius 1 is 1.25 bits per heavy atom. The maximum Gasteiger partial charge on any atom is 0.0251 e. The van der Waals surface area contributed by atoms with Gasteiger partial charge in [-0.3, -0.25) is 0 Å². The number of hydrogen-bond donors (Lipinski definition) is 0. The molecule has 0 radical (unpaired) electrons. The summed E-state index contributed by atoms with van der Waals surface area (Å²) >= 11 is 0. The lowest BCUT2D eigenvalue weighted by molar-refractivity contribution is 0.846. The molecule has 0 aliphatic carbocycles. The molecule has 1 rings (SSSR count). The molecular formula is C11H16Si. The van der Waals surface area contributed by atoms with Crippen LogP contribution in [0.2, 0.25) is 0 Å². The molecule has 0 amide bonds. The zero-order valence-electron chi connectivity index (χ0n) is 7.66. The summed E-state index contributed by atoms with van der Waals surface area (Å²) < 4.78 is 0. The highest BCUT2D eigenvalue weighted by molar-refractivity contribution is 6.60. The van der Waals surface area contributed by atoms with Crippen molar-refractivity contribution in [3.05, 3.63) is 30.3 Å². The lowest BCUT2D eigenvalue weighted by Gasteiger charge is -1.90. The predicted octanol–water partition coefficient (Wildman–Crippen LogP) is 1.74. The van der Waals surface area contributed by atoms with Crippen molar-refractivity contribution in [1.29, 1.82) is 0 Å². The van der Waals surface area contributed by atoms with Crippen LogP contribution in [-0.4, -0.2) is 14.8 Å². The van der Waals surface area contributed by atoms with Crippen LogP contribution in [0.3, 0.4) is 0 Å². The average molecular weight is 176 g/mol. The molecule has 0 spiro atoms. The minimum atomic E-state index is 0.416. The first-order chi connectivity index (χ1) is 5.93. The van der Waals surface area contributed by atoms with Crippen LogP contribution in [0, 0.1) is 0 Å². The molecule has 1 aromatic rings. The molecule has 12 heavy (non-hydrogen) atoms. The maximum atomic E-state index is 2.46. The van der Waals surface area contributed by atoms with Crippen LogP contribution >= 0.6 is 0 Å². The molecule has 1 heteroatoms. The zero-order chi connectivity index (χ0) is 8.65. The molecular weight excluding hydrogens is 160 g/mol. The Hall–Kier alpha value is -0.693. The second kappa shape index (κ2) is 5.89. The molecule has 0 atom stereocenters. The van der Waals surface area contributed by atoms with Crippen LogP contribution in [0.1, 0.15) is 26.2 Å². The smallest absolute Gasteiger partial charge is 0.0251 e. The van der Waals surface area contributed by atoms with Gasteiger partial charge in [0.25, 0.3) is 0 Å². The van der Waals surface area contributed by atoms with Gasteiger partial charge in [0.2, 0.25) is 0 Å². The van der Waals surface area contributed by atoms with E-state index >= 15 is 0 Å². The van der Waals surface area contributed by atoms with E-state index in [0.717, 1.165) is 0 Å². The Bertz CT molecular complexity index is 226. The third-order valence-corrected chi connectivity index (χ3v) is 3.17. The Balaban J connectivity index is 2.36. The van der Waals surface area contributed by atoms with Gasteiger partial charge in [0.15, 0.2) is 0 Å². The molecule has 0 aromatic heterocycles. The molecule has 0 bridgehead atoms. The van der Waals surface area contributed by atoms with Gasteiger partial charge in [0.1, 0.15) is 0 Å². The van der Waals surface area contributed by atoms with E-state index in [0.29, 0.717) is 9.13 Å². The molecule has 0 unspecified atom stereocenters. The first-order valence-electron chi connectivity index (χ1n) is 4.65. The number of unbranched alkanes of at least 4 members (excludes halogenated alkanes) is 2. The van der Waals surface area contributed by atoms with E-state index in [1.54, 1.807) is 0 Å². The third kappa shape index (κ3) is 3.63. The Labute approximate surface area is 77.1 Å². The summed E-state index contributed by atoms with van der Waals surface area (Å²) in [5.41, 5.74) is 2.46. The monoisotopic (exact) mass is 176 g/mol.